The molecule has 0 aromatic heterocycles. The van der Waals surface area contributed by atoms with Crippen LogP contribution in [0.1, 0.15) is 33.6 Å². The van der Waals surface area contributed by atoms with Crippen molar-refractivity contribution in [2.45, 2.75) is 33.6 Å². The SMILES string of the molecule is CC1CC(CCCl)C(C)(C)C1=O. The first-order valence-electron chi connectivity index (χ1n) is 4.60. The molecule has 0 aromatic rings. The Labute approximate surface area is 79.5 Å². The third-order valence-electron chi connectivity index (χ3n) is 3.20. The Morgan fingerprint density at radius 2 is 2.17 bits per heavy atom. The van der Waals surface area contributed by atoms with Gasteiger partial charge in [-0.2, -0.15) is 0 Å². The van der Waals surface area contributed by atoms with E-state index >= 15 is 0 Å². The lowest BCUT2D eigenvalue weighted by atomic mass is 9.80. The normalized spacial score (nSPS) is 34.2. The molecule has 1 nitrogen and oxygen atoms in total. The molecule has 1 aliphatic rings. The summed E-state index contributed by atoms with van der Waals surface area (Å²) in [6, 6.07) is 0. The summed E-state index contributed by atoms with van der Waals surface area (Å²) < 4.78 is 0. The van der Waals surface area contributed by atoms with E-state index in [2.05, 4.69) is 13.8 Å². The zero-order valence-electron chi connectivity index (χ0n) is 8.06. The Balaban J connectivity index is 2.73. The van der Waals surface area contributed by atoms with Crippen LogP contribution in [0.25, 0.3) is 0 Å². The minimum absolute atomic E-state index is 0.131. The van der Waals surface area contributed by atoms with Crippen molar-refractivity contribution in [3.63, 3.8) is 0 Å². The summed E-state index contributed by atoms with van der Waals surface area (Å²) in [4.78, 5) is 11.7. The molecule has 1 aliphatic carbocycles. The van der Waals surface area contributed by atoms with Crippen molar-refractivity contribution < 1.29 is 4.79 Å². The summed E-state index contributed by atoms with van der Waals surface area (Å²) in [5.41, 5.74) is -0.131. The molecule has 0 saturated heterocycles. The van der Waals surface area contributed by atoms with Crippen LogP contribution in [0.15, 0.2) is 0 Å². The molecular weight excluding hydrogens is 172 g/mol. The highest BCUT2D eigenvalue weighted by atomic mass is 35.5. The first-order valence-corrected chi connectivity index (χ1v) is 5.14. The number of alkyl halides is 1. The van der Waals surface area contributed by atoms with Gasteiger partial charge in [-0.15, -0.1) is 11.6 Å². The average Bonchev–Trinajstić information content (AvgIpc) is 2.17. The lowest BCUT2D eigenvalue weighted by Gasteiger charge is -2.24. The molecule has 2 unspecified atom stereocenters. The topological polar surface area (TPSA) is 17.1 Å². The summed E-state index contributed by atoms with van der Waals surface area (Å²) in [6.07, 6.45) is 2.00. The molecule has 0 heterocycles. The molecule has 0 bridgehead atoms. The largest absolute Gasteiger partial charge is 0.299 e. The Bertz CT molecular complexity index is 186. The zero-order valence-corrected chi connectivity index (χ0v) is 8.82. The lowest BCUT2D eigenvalue weighted by molar-refractivity contribution is -0.128. The van der Waals surface area contributed by atoms with Crippen molar-refractivity contribution in [2.24, 2.45) is 17.3 Å². The number of hydrogen-bond donors (Lipinski definition) is 0. The molecule has 70 valence electrons. The third-order valence-corrected chi connectivity index (χ3v) is 3.42. The molecule has 2 heteroatoms. The maximum atomic E-state index is 11.7. The van der Waals surface area contributed by atoms with Crippen molar-refractivity contribution in [2.75, 3.05) is 5.88 Å². The number of carbonyl (C=O) groups is 1. The van der Waals surface area contributed by atoms with Gasteiger partial charge < -0.3 is 0 Å². The third kappa shape index (κ3) is 1.52. The highest BCUT2D eigenvalue weighted by molar-refractivity contribution is 6.17. The molecule has 0 amide bonds. The zero-order chi connectivity index (χ0) is 9.35. The molecule has 0 aromatic carbocycles. The molecule has 1 rings (SSSR count). The number of halogens is 1. The number of ketones is 1. The van der Waals surface area contributed by atoms with E-state index in [0.29, 0.717) is 17.6 Å². The van der Waals surface area contributed by atoms with Crippen LogP contribution in [0, 0.1) is 17.3 Å². The second kappa shape index (κ2) is 3.37. The van der Waals surface area contributed by atoms with Crippen LogP contribution in [0.5, 0.6) is 0 Å². The molecule has 1 saturated carbocycles. The van der Waals surface area contributed by atoms with Gasteiger partial charge in [0.25, 0.3) is 0 Å². The van der Waals surface area contributed by atoms with Crippen LogP contribution >= 0.6 is 11.6 Å². The molecule has 0 spiro atoms. The van der Waals surface area contributed by atoms with Gasteiger partial charge in [-0.25, -0.2) is 0 Å². The number of Topliss-reactive ketones (excluding diaryl/α,β-unsaturated/α-hetero) is 1. The van der Waals surface area contributed by atoms with Gasteiger partial charge in [0.05, 0.1) is 0 Å². The Kier molecular flexibility index (Phi) is 2.82. The molecule has 0 radical (unpaired) electrons. The Morgan fingerprint density at radius 1 is 1.58 bits per heavy atom. The monoisotopic (exact) mass is 188 g/mol. The van der Waals surface area contributed by atoms with Crippen molar-refractivity contribution >= 4 is 17.4 Å². The summed E-state index contributed by atoms with van der Waals surface area (Å²) in [6.45, 7) is 6.13. The Hall–Kier alpha value is -0.0400. The molecule has 2 atom stereocenters. The summed E-state index contributed by atoms with van der Waals surface area (Å²) in [5.74, 6) is 1.83. The summed E-state index contributed by atoms with van der Waals surface area (Å²) in [7, 11) is 0. The van der Waals surface area contributed by atoms with Gasteiger partial charge in [0.1, 0.15) is 5.78 Å². The van der Waals surface area contributed by atoms with Crippen LogP contribution in [-0.4, -0.2) is 11.7 Å². The maximum Gasteiger partial charge on any atom is 0.141 e. The fourth-order valence-electron chi connectivity index (χ4n) is 2.28. The maximum absolute atomic E-state index is 11.7. The van der Waals surface area contributed by atoms with Gasteiger partial charge in [0.15, 0.2) is 0 Å². The van der Waals surface area contributed by atoms with Crippen molar-refractivity contribution in [1.82, 2.24) is 0 Å². The molecule has 1 fully saturated rings. The van der Waals surface area contributed by atoms with E-state index in [-0.39, 0.29) is 11.3 Å². The van der Waals surface area contributed by atoms with Crippen LogP contribution in [0.2, 0.25) is 0 Å². The fourth-order valence-corrected chi connectivity index (χ4v) is 2.54. The van der Waals surface area contributed by atoms with Crippen LogP contribution in [0.3, 0.4) is 0 Å². The van der Waals surface area contributed by atoms with Crippen LogP contribution < -0.4 is 0 Å². The van der Waals surface area contributed by atoms with Crippen molar-refractivity contribution in [3.8, 4) is 0 Å². The molecule has 12 heavy (non-hydrogen) atoms. The van der Waals surface area contributed by atoms with Gasteiger partial charge in [-0.3, -0.25) is 4.79 Å². The van der Waals surface area contributed by atoms with E-state index in [1.54, 1.807) is 0 Å². The Morgan fingerprint density at radius 3 is 2.50 bits per heavy atom. The van der Waals surface area contributed by atoms with E-state index in [0.717, 1.165) is 12.8 Å². The van der Waals surface area contributed by atoms with Gasteiger partial charge in [0, 0.05) is 17.2 Å². The van der Waals surface area contributed by atoms with E-state index in [9.17, 15) is 4.79 Å². The van der Waals surface area contributed by atoms with Gasteiger partial charge >= 0.3 is 0 Å². The standard InChI is InChI=1S/C10H17ClO/c1-7-6-8(4-5-11)10(2,3)9(7)12/h7-8H,4-6H2,1-3H3. The smallest absolute Gasteiger partial charge is 0.141 e. The molecule has 0 aliphatic heterocycles. The van der Waals surface area contributed by atoms with Crippen LogP contribution in [-0.2, 0) is 4.79 Å². The number of carbonyl (C=O) groups excluding carboxylic acids is 1. The average molecular weight is 189 g/mol. The van der Waals surface area contributed by atoms with E-state index in [4.69, 9.17) is 11.6 Å². The minimum atomic E-state index is -0.131. The second-order valence-corrected chi connectivity index (χ2v) is 4.78. The van der Waals surface area contributed by atoms with Gasteiger partial charge in [0.2, 0.25) is 0 Å². The van der Waals surface area contributed by atoms with Crippen molar-refractivity contribution in [3.05, 3.63) is 0 Å². The second-order valence-electron chi connectivity index (χ2n) is 4.40. The number of rotatable bonds is 2. The van der Waals surface area contributed by atoms with Gasteiger partial charge in [-0.1, -0.05) is 20.8 Å². The summed E-state index contributed by atoms with van der Waals surface area (Å²) in [5, 5.41) is 0. The van der Waals surface area contributed by atoms with E-state index in [1.807, 2.05) is 6.92 Å². The minimum Gasteiger partial charge on any atom is -0.299 e. The summed E-state index contributed by atoms with van der Waals surface area (Å²) >= 11 is 5.69. The molecular formula is C10H17ClO. The fraction of sp³-hybridized carbons (Fsp3) is 0.900. The highest BCUT2D eigenvalue weighted by Gasteiger charge is 2.45. The van der Waals surface area contributed by atoms with E-state index in [1.165, 1.54) is 0 Å². The highest BCUT2D eigenvalue weighted by Crippen LogP contribution is 2.44. The quantitative estimate of drug-likeness (QED) is 0.610. The predicted octanol–water partition coefficient (Wildman–Crippen LogP) is 2.87. The first kappa shape index (κ1) is 10.0. The number of hydrogen-bond acceptors (Lipinski definition) is 1. The van der Waals surface area contributed by atoms with Crippen molar-refractivity contribution in [1.29, 1.82) is 0 Å². The first-order chi connectivity index (χ1) is 5.50. The van der Waals surface area contributed by atoms with E-state index < -0.39 is 0 Å². The van der Waals surface area contributed by atoms with Gasteiger partial charge in [-0.05, 0) is 18.8 Å². The van der Waals surface area contributed by atoms with Crippen LogP contribution in [0.4, 0.5) is 0 Å². The predicted molar refractivity (Wildman–Crippen MR) is 51.4 cm³/mol. The molecule has 0 N–H and O–H groups in total. The lowest BCUT2D eigenvalue weighted by Crippen LogP contribution is -2.26.